The zero-order chi connectivity index (χ0) is 15.7. The Bertz CT molecular complexity index is 269. The second-order valence-electron chi connectivity index (χ2n) is 6.64. The lowest BCUT2D eigenvalue weighted by molar-refractivity contribution is 0.131. The van der Waals surface area contributed by atoms with E-state index in [-0.39, 0.29) is 12.1 Å². The van der Waals surface area contributed by atoms with E-state index in [4.69, 9.17) is 0 Å². The van der Waals surface area contributed by atoms with Crippen molar-refractivity contribution in [1.82, 2.24) is 15.1 Å². The number of aliphatic hydroxyl groups is 1. The molecule has 126 valence electrons. The van der Waals surface area contributed by atoms with Crippen molar-refractivity contribution in [1.29, 1.82) is 0 Å². The van der Waals surface area contributed by atoms with Crippen molar-refractivity contribution in [2.24, 2.45) is 0 Å². The zero-order valence-corrected chi connectivity index (χ0v) is 14.7. The Morgan fingerprint density at radius 2 is 2.00 bits per heavy atom. The topological polar surface area (TPSA) is 38.7 Å². The third kappa shape index (κ3) is 5.85. The number of nitrogens with one attached hydrogen (secondary N) is 1. The average molecular weight is 300 g/mol. The Labute approximate surface area is 131 Å². The highest BCUT2D eigenvalue weighted by Gasteiger charge is 2.27. The van der Waals surface area contributed by atoms with Crippen LogP contribution in [0.1, 0.15) is 52.9 Å². The summed E-state index contributed by atoms with van der Waals surface area (Å²) in [4.78, 5) is 5.14. The summed E-state index contributed by atoms with van der Waals surface area (Å²) in [5, 5.41) is 13.2. The van der Waals surface area contributed by atoms with Crippen LogP contribution in [0, 0.1) is 0 Å². The maximum atomic E-state index is 9.74. The molecule has 0 aromatic carbocycles. The van der Waals surface area contributed by atoms with Gasteiger partial charge in [-0.3, -0.25) is 4.90 Å². The van der Waals surface area contributed by atoms with Gasteiger partial charge in [0.1, 0.15) is 0 Å². The highest BCUT2D eigenvalue weighted by Crippen LogP contribution is 2.19. The van der Waals surface area contributed by atoms with Gasteiger partial charge in [0.2, 0.25) is 0 Å². The Balaban J connectivity index is 2.48. The molecule has 1 aliphatic heterocycles. The van der Waals surface area contributed by atoms with E-state index in [0.29, 0.717) is 6.04 Å². The first-order valence-corrected chi connectivity index (χ1v) is 8.89. The van der Waals surface area contributed by atoms with Gasteiger partial charge in [-0.05, 0) is 65.3 Å². The van der Waals surface area contributed by atoms with Gasteiger partial charge in [-0.25, -0.2) is 0 Å². The lowest BCUT2D eigenvalue weighted by Crippen LogP contribution is -2.48. The maximum absolute atomic E-state index is 9.74. The first-order valence-electron chi connectivity index (χ1n) is 8.89. The van der Waals surface area contributed by atoms with Crippen molar-refractivity contribution in [3.8, 4) is 0 Å². The maximum Gasteiger partial charge on any atom is 0.0613 e. The third-order valence-corrected chi connectivity index (χ3v) is 5.13. The zero-order valence-electron chi connectivity index (χ0n) is 14.7. The molecule has 4 nitrogen and oxygen atoms in total. The summed E-state index contributed by atoms with van der Waals surface area (Å²) in [5.74, 6) is 0. The Kier molecular flexibility index (Phi) is 8.79. The smallest absolute Gasteiger partial charge is 0.0613 e. The van der Waals surface area contributed by atoms with E-state index in [1.54, 1.807) is 0 Å². The second-order valence-corrected chi connectivity index (χ2v) is 6.64. The highest BCUT2D eigenvalue weighted by atomic mass is 16.3. The van der Waals surface area contributed by atoms with E-state index >= 15 is 0 Å². The standard InChI is InChI=1S/C17H37N3O/c1-5-16-14-19(4)11-9-13-20(16)12-8-10-17(6-2,15-21)18-7-3/h16,18,21H,5-15H2,1-4H3. The SMILES string of the molecule is CCNC(CC)(CO)CCCN1CCCN(C)CC1CC. The number of nitrogens with zero attached hydrogens (tertiary/aromatic N) is 2. The van der Waals surface area contributed by atoms with Crippen LogP contribution in [0.3, 0.4) is 0 Å². The van der Waals surface area contributed by atoms with Gasteiger partial charge in [0.15, 0.2) is 0 Å². The van der Waals surface area contributed by atoms with Crippen LogP contribution in [-0.4, -0.2) is 72.9 Å². The molecular formula is C17H37N3O. The molecule has 1 aliphatic rings. The van der Waals surface area contributed by atoms with Crippen LogP contribution in [-0.2, 0) is 0 Å². The molecule has 0 amide bonds. The molecule has 1 heterocycles. The Hall–Kier alpha value is -0.160. The molecule has 1 rings (SSSR count). The Morgan fingerprint density at radius 3 is 2.57 bits per heavy atom. The Morgan fingerprint density at radius 1 is 1.24 bits per heavy atom. The second kappa shape index (κ2) is 9.78. The number of likely N-dealkylation sites (N-methyl/N-ethyl adjacent to an activating group) is 2. The van der Waals surface area contributed by atoms with Gasteiger partial charge >= 0.3 is 0 Å². The van der Waals surface area contributed by atoms with Gasteiger partial charge in [-0.2, -0.15) is 0 Å². The van der Waals surface area contributed by atoms with E-state index in [0.717, 1.165) is 19.4 Å². The molecule has 0 aromatic heterocycles. The normalized spacial score (nSPS) is 24.7. The van der Waals surface area contributed by atoms with Gasteiger partial charge in [0, 0.05) is 18.1 Å². The van der Waals surface area contributed by atoms with Crippen molar-refractivity contribution in [2.75, 3.05) is 46.4 Å². The highest BCUT2D eigenvalue weighted by molar-refractivity contribution is 4.86. The fourth-order valence-corrected chi connectivity index (χ4v) is 3.61. The molecule has 21 heavy (non-hydrogen) atoms. The third-order valence-electron chi connectivity index (χ3n) is 5.13. The molecule has 0 saturated carbocycles. The summed E-state index contributed by atoms with van der Waals surface area (Å²) in [7, 11) is 2.24. The summed E-state index contributed by atoms with van der Waals surface area (Å²) in [5.41, 5.74) is -0.0703. The van der Waals surface area contributed by atoms with E-state index in [9.17, 15) is 5.11 Å². The van der Waals surface area contributed by atoms with E-state index in [1.165, 1.54) is 45.4 Å². The van der Waals surface area contributed by atoms with E-state index < -0.39 is 0 Å². The van der Waals surface area contributed by atoms with Crippen molar-refractivity contribution in [2.45, 2.75) is 64.5 Å². The molecule has 2 unspecified atom stereocenters. The molecule has 1 fully saturated rings. The lowest BCUT2D eigenvalue weighted by atomic mass is 9.91. The molecule has 2 N–H and O–H groups in total. The molecule has 4 heteroatoms. The van der Waals surface area contributed by atoms with Gasteiger partial charge in [0.25, 0.3) is 0 Å². The number of rotatable bonds is 9. The van der Waals surface area contributed by atoms with E-state index in [1.807, 2.05) is 0 Å². The van der Waals surface area contributed by atoms with Crippen molar-refractivity contribution >= 4 is 0 Å². The first kappa shape index (κ1) is 18.9. The minimum absolute atomic E-state index is 0.0703. The predicted molar refractivity (Wildman–Crippen MR) is 90.8 cm³/mol. The van der Waals surface area contributed by atoms with Crippen LogP contribution in [0.2, 0.25) is 0 Å². The fourth-order valence-electron chi connectivity index (χ4n) is 3.61. The lowest BCUT2D eigenvalue weighted by Gasteiger charge is -2.34. The van der Waals surface area contributed by atoms with Crippen molar-refractivity contribution in [3.63, 3.8) is 0 Å². The largest absolute Gasteiger partial charge is 0.394 e. The molecule has 1 saturated heterocycles. The molecule has 0 aliphatic carbocycles. The molecule has 0 spiro atoms. The average Bonchev–Trinajstić information content (AvgIpc) is 2.67. The van der Waals surface area contributed by atoms with Gasteiger partial charge in [0.05, 0.1) is 6.61 Å². The van der Waals surface area contributed by atoms with Crippen molar-refractivity contribution < 1.29 is 5.11 Å². The van der Waals surface area contributed by atoms with Crippen LogP contribution in [0.4, 0.5) is 0 Å². The van der Waals surface area contributed by atoms with Gasteiger partial charge < -0.3 is 15.3 Å². The summed E-state index contributed by atoms with van der Waals surface area (Å²) >= 11 is 0. The van der Waals surface area contributed by atoms with Gasteiger partial charge in [-0.1, -0.05) is 20.8 Å². The van der Waals surface area contributed by atoms with Crippen LogP contribution in [0.15, 0.2) is 0 Å². The summed E-state index contributed by atoms with van der Waals surface area (Å²) in [6.07, 6.45) is 5.74. The minimum Gasteiger partial charge on any atom is -0.394 e. The van der Waals surface area contributed by atoms with Crippen LogP contribution in [0.5, 0.6) is 0 Å². The van der Waals surface area contributed by atoms with Crippen LogP contribution in [0.25, 0.3) is 0 Å². The summed E-state index contributed by atoms with van der Waals surface area (Å²) < 4.78 is 0. The molecule has 0 aromatic rings. The van der Waals surface area contributed by atoms with Crippen LogP contribution < -0.4 is 5.32 Å². The molecule has 2 atom stereocenters. The fraction of sp³-hybridized carbons (Fsp3) is 1.00. The number of hydrogen-bond donors (Lipinski definition) is 2. The first-order chi connectivity index (χ1) is 10.1. The minimum atomic E-state index is -0.0703. The quantitative estimate of drug-likeness (QED) is 0.682. The monoisotopic (exact) mass is 299 g/mol. The van der Waals surface area contributed by atoms with E-state index in [2.05, 4.69) is 42.9 Å². The van der Waals surface area contributed by atoms with Crippen molar-refractivity contribution in [3.05, 3.63) is 0 Å². The molecule has 0 radical (unpaired) electrons. The van der Waals surface area contributed by atoms with Gasteiger partial charge in [-0.15, -0.1) is 0 Å². The van der Waals surface area contributed by atoms with Crippen LogP contribution >= 0.6 is 0 Å². The molecule has 0 bridgehead atoms. The predicted octanol–water partition coefficient (Wildman–Crippen LogP) is 1.93. The summed E-state index contributed by atoms with van der Waals surface area (Å²) in [6.45, 7) is 12.6. The summed E-state index contributed by atoms with van der Waals surface area (Å²) in [6, 6.07) is 0.696. The number of aliphatic hydroxyl groups excluding tert-OH is 1. The number of hydrogen-bond acceptors (Lipinski definition) is 4. The molecular weight excluding hydrogens is 262 g/mol.